The van der Waals surface area contributed by atoms with Gasteiger partial charge in [0.15, 0.2) is 0 Å². The molecule has 0 spiro atoms. The van der Waals surface area contributed by atoms with Crippen LogP contribution in [-0.2, 0) is 4.74 Å². The van der Waals surface area contributed by atoms with Crippen LogP contribution in [0.3, 0.4) is 0 Å². The van der Waals surface area contributed by atoms with Crippen molar-refractivity contribution in [2.24, 2.45) is 17.6 Å². The summed E-state index contributed by atoms with van der Waals surface area (Å²) in [6, 6.07) is 0. The molecule has 0 aromatic rings. The number of ether oxygens (including phenoxy) is 1. The minimum atomic E-state index is -0.419. The molecule has 20 heavy (non-hydrogen) atoms. The first kappa shape index (κ1) is 15.6. The highest BCUT2D eigenvalue weighted by Crippen LogP contribution is 2.41. The number of piperidine rings is 1. The maximum Gasteiger partial charge on any atom is 0.410 e. The Labute approximate surface area is 123 Å². The lowest BCUT2D eigenvalue weighted by Gasteiger charge is -2.44. The molecular formula is C16H30N2O2. The summed E-state index contributed by atoms with van der Waals surface area (Å²) in [6.45, 7) is 9.52. The molecule has 0 radical (unpaired) electrons. The molecule has 2 fully saturated rings. The lowest BCUT2D eigenvalue weighted by molar-refractivity contribution is 0.00465. The lowest BCUT2D eigenvalue weighted by atomic mass is 9.72. The fourth-order valence-corrected chi connectivity index (χ4v) is 3.90. The molecule has 116 valence electrons. The third kappa shape index (κ3) is 3.46. The zero-order valence-electron chi connectivity index (χ0n) is 13.4. The lowest BCUT2D eigenvalue weighted by Crippen LogP contribution is -2.54. The first-order valence-corrected chi connectivity index (χ1v) is 7.98. The van der Waals surface area contributed by atoms with Gasteiger partial charge in [0.1, 0.15) is 5.60 Å². The quantitative estimate of drug-likeness (QED) is 0.803. The van der Waals surface area contributed by atoms with Crippen LogP contribution in [0.2, 0.25) is 0 Å². The van der Waals surface area contributed by atoms with Gasteiger partial charge in [0, 0.05) is 18.6 Å². The standard InChI is InChI=1S/C16H30N2O2/c1-12-11-18(14(19)20-15(2,3)4)10-7-13(12)16(17)8-5-6-9-16/h12-13H,5-11,17H2,1-4H3. The van der Waals surface area contributed by atoms with Gasteiger partial charge in [-0.05, 0) is 51.9 Å². The summed E-state index contributed by atoms with van der Waals surface area (Å²) in [5.74, 6) is 1.00. The zero-order valence-corrected chi connectivity index (χ0v) is 13.4. The normalized spacial score (nSPS) is 30.4. The number of amides is 1. The average molecular weight is 282 g/mol. The first-order chi connectivity index (χ1) is 9.21. The highest BCUT2D eigenvalue weighted by atomic mass is 16.6. The van der Waals surface area contributed by atoms with Crippen molar-refractivity contribution in [2.75, 3.05) is 13.1 Å². The van der Waals surface area contributed by atoms with Crippen molar-refractivity contribution in [1.29, 1.82) is 0 Å². The second-order valence-electron chi connectivity index (χ2n) is 7.74. The van der Waals surface area contributed by atoms with E-state index in [-0.39, 0.29) is 11.6 Å². The number of hydrogen-bond acceptors (Lipinski definition) is 3. The fourth-order valence-electron chi connectivity index (χ4n) is 3.90. The van der Waals surface area contributed by atoms with Crippen LogP contribution < -0.4 is 5.73 Å². The molecule has 1 aliphatic carbocycles. The topological polar surface area (TPSA) is 55.6 Å². The van der Waals surface area contributed by atoms with E-state index in [9.17, 15) is 4.79 Å². The molecule has 2 aliphatic rings. The number of nitrogens with zero attached hydrogens (tertiary/aromatic N) is 1. The van der Waals surface area contributed by atoms with Crippen LogP contribution in [0.15, 0.2) is 0 Å². The first-order valence-electron chi connectivity index (χ1n) is 7.98. The van der Waals surface area contributed by atoms with Gasteiger partial charge in [-0.1, -0.05) is 19.8 Å². The molecule has 1 saturated heterocycles. The second kappa shape index (κ2) is 5.55. The van der Waals surface area contributed by atoms with E-state index < -0.39 is 5.60 Å². The summed E-state index contributed by atoms with van der Waals surface area (Å²) in [5, 5.41) is 0. The molecule has 2 atom stereocenters. The number of likely N-dealkylation sites (tertiary alicyclic amines) is 1. The number of carbonyl (C=O) groups excluding carboxylic acids is 1. The van der Waals surface area contributed by atoms with Crippen molar-refractivity contribution < 1.29 is 9.53 Å². The van der Waals surface area contributed by atoms with Gasteiger partial charge in [0.2, 0.25) is 0 Å². The van der Waals surface area contributed by atoms with Crippen molar-refractivity contribution in [2.45, 2.75) is 70.9 Å². The molecule has 1 amide bonds. The Morgan fingerprint density at radius 1 is 1.30 bits per heavy atom. The van der Waals surface area contributed by atoms with Crippen LogP contribution in [0.1, 0.15) is 59.8 Å². The Morgan fingerprint density at radius 2 is 1.90 bits per heavy atom. The molecule has 2 rings (SSSR count). The van der Waals surface area contributed by atoms with Gasteiger partial charge >= 0.3 is 6.09 Å². The molecule has 4 heteroatoms. The number of hydrogen-bond donors (Lipinski definition) is 1. The van der Waals surface area contributed by atoms with E-state index in [1.807, 2.05) is 25.7 Å². The molecule has 0 aromatic heterocycles. The monoisotopic (exact) mass is 282 g/mol. The van der Waals surface area contributed by atoms with E-state index >= 15 is 0 Å². The predicted octanol–water partition coefficient (Wildman–Crippen LogP) is 3.15. The van der Waals surface area contributed by atoms with E-state index in [0.29, 0.717) is 11.8 Å². The average Bonchev–Trinajstić information content (AvgIpc) is 2.74. The van der Waals surface area contributed by atoms with Gasteiger partial charge in [-0.25, -0.2) is 4.79 Å². The summed E-state index contributed by atoms with van der Waals surface area (Å²) >= 11 is 0. The smallest absolute Gasteiger partial charge is 0.410 e. The maximum atomic E-state index is 12.1. The van der Waals surface area contributed by atoms with Gasteiger partial charge in [0.05, 0.1) is 0 Å². The molecule has 4 nitrogen and oxygen atoms in total. The van der Waals surface area contributed by atoms with Gasteiger partial charge in [-0.3, -0.25) is 0 Å². The second-order valence-corrected chi connectivity index (χ2v) is 7.74. The minimum absolute atomic E-state index is 0.0133. The Morgan fingerprint density at radius 3 is 2.40 bits per heavy atom. The molecular weight excluding hydrogens is 252 g/mol. The fraction of sp³-hybridized carbons (Fsp3) is 0.938. The molecule has 2 N–H and O–H groups in total. The zero-order chi connectivity index (χ0) is 15.0. The van der Waals surface area contributed by atoms with Crippen molar-refractivity contribution >= 4 is 6.09 Å². The van der Waals surface area contributed by atoms with Crippen LogP contribution in [0.25, 0.3) is 0 Å². The van der Waals surface area contributed by atoms with Crippen molar-refractivity contribution in [3.8, 4) is 0 Å². The Balaban J connectivity index is 1.93. The summed E-state index contributed by atoms with van der Waals surface area (Å²) in [5.41, 5.74) is 6.21. The summed E-state index contributed by atoms with van der Waals surface area (Å²) in [6.07, 6.45) is 5.64. The van der Waals surface area contributed by atoms with E-state index in [1.165, 1.54) is 12.8 Å². The molecule has 1 heterocycles. The van der Waals surface area contributed by atoms with Gasteiger partial charge in [0.25, 0.3) is 0 Å². The highest BCUT2D eigenvalue weighted by Gasteiger charge is 2.43. The third-order valence-corrected chi connectivity index (χ3v) is 4.83. The highest BCUT2D eigenvalue weighted by molar-refractivity contribution is 5.68. The van der Waals surface area contributed by atoms with Crippen molar-refractivity contribution in [1.82, 2.24) is 4.90 Å². The van der Waals surface area contributed by atoms with Crippen LogP contribution in [0.5, 0.6) is 0 Å². The SMILES string of the molecule is CC1CN(C(=O)OC(C)(C)C)CCC1C1(N)CCCC1. The summed E-state index contributed by atoms with van der Waals surface area (Å²) < 4.78 is 5.47. The summed E-state index contributed by atoms with van der Waals surface area (Å²) in [4.78, 5) is 14.0. The number of nitrogens with two attached hydrogens (primary N) is 1. The molecule has 2 unspecified atom stereocenters. The van der Waals surface area contributed by atoms with Crippen molar-refractivity contribution in [3.05, 3.63) is 0 Å². The van der Waals surface area contributed by atoms with Crippen LogP contribution in [0, 0.1) is 11.8 Å². The molecule has 0 bridgehead atoms. The van der Waals surface area contributed by atoms with E-state index in [1.54, 1.807) is 0 Å². The van der Waals surface area contributed by atoms with Crippen LogP contribution in [0.4, 0.5) is 4.79 Å². The Kier molecular flexibility index (Phi) is 4.33. The molecule has 1 saturated carbocycles. The van der Waals surface area contributed by atoms with Crippen LogP contribution in [-0.4, -0.2) is 35.2 Å². The van der Waals surface area contributed by atoms with E-state index in [0.717, 1.165) is 32.4 Å². The number of carbonyl (C=O) groups is 1. The third-order valence-electron chi connectivity index (χ3n) is 4.83. The molecule has 1 aliphatic heterocycles. The maximum absolute atomic E-state index is 12.1. The number of rotatable bonds is 1. The van der Waals surface area contributed by atoms with Crippen LogP contribution >= 0.6 is 0 Å². The molecule has 0 aromatic carbocycles. The Hall–Kier alpha value is -0.770. The predicted molar refractivity (Wildman–Crippen MR) is 80.5 cm³/mol. The Bertz CT molecular complexity index is 356. The summed E-state index contributed by atoms with van der Waals surface area (Å²) in [7, 11) is 0. The van der Waals surface area contributed by atoms with Gasteiger partial charge in [-0.2, -0.15) is 0 Å². The largest absolute Gasteiger partial charge is 0.444 e. The van der Waals surface area contributed by atoms with E-state index in [2.05, 4.69) is 6.92 Å². The van der Waals surface area contributed by atoms with Crippen molar-refractivity contribution in [3.63, 3.8) is 0 Å². The van der Waals surface area contributed by atoms with E-state index in [4.69, 9.17) is 10.5 Å². The van der Waals surface area contributed by atoms with Gasteiger partial charge in [-0.15, -0.1) is 0 Å². The van der Waals surface area contributed by atoms with Gasteiger partial charge < -0.3 is 15.4 Å². The minimum Gasteiger partial charge on any atom is -0.444 e.